The van der Waals surface area contributed by atoms with Crippen molar-refractivity contribution >= 4 is 5.82 Å². The van der Waals surface area contributed by atoms with Gasteiger partial charge in [0.1, 0.15) is 11.5 Å². The standard InChI is InChI=1S/C23H25N5/c1-28-15-13-19(21(28)16-8-3-2-4-9-16)26-22-17-10-7-12-18(17)25-23(27-22)20-11-5-6-14-24-20/h2-6,8-9,11,14,19,21H,7,10,12-13,15H2,1H3,(H,25,26,27)/t19-,21-/m0/s1. The highest BCUT2D eigenvalue weighted by molar-refractivity contribution is 5.58. The summed E-state index contributed by atoms with van der Waals surface area (Å²) >= 11 is 0. The van der Waals surface area contributed by atoms with Crippen LogP contribution in [0.25, 0.3) is 11.5 Å². The van der Waals surface area contributed by atoms with Crippen LogP contribution in [0.3, 0.4) is 0 Å². The topological polar surface area (TPSA) is 53.9 Å². The molecule has 0 saturated carbocycles. The van der Waals surface area contributed by atoms with E-state index >= 15 is 0 Å². The van der Waals surface area contributed by atoms with E-state index in [2.05, 4.69) is 52.6 Å². The van der Waals surface area contributed by atoms with E-state index in [0.29, 0.717) is 12.1 Å². The summed E-state index contributed by atoms with van der Waals surface area (Å²) in [5, 5.41) is 3.81. The van der Waals surface area contributed by atoms with E-state index in [-0.39, 0.29) is 0 Å². The van der Waals surface area contributed by atoms with E-state index in [4.69, 9.17) is 9.97 Å². The largest absolute Gasteiger partial charge is 0.365 e. The zero-order chi connectivity index (χ0) is 18.9. The van der Waals surface area contributed by atoms with Crippen LogP contribution >= 0.6 is 0 Å². The van der Waals surface area contributed by atoms with Crippen molar-refractivity contribution < 1.29 is 0 Å². The number of pyridine rings is 1. The molecule has 0 bridgehead atoms. The normalized spacial score (nSPS) is 21.6. The number of anilines is 1. The van der Waals surface area contributed by atoms with E-state index in [1.165, 1.54) is 16.8 Å². The van der Waals surface area contributed by atoms with Gasteiger partial charge >= 0.3 is 0 Å². The minimum absolute atomic E-state index is 0.337. The van der Waals surface area contributed by atoms with Gasteiger partial charge in [0.15, 0.2) is 5.82 Å². The zero-order valence-corrected chi connectivity index (χ0v) is 16.2. The predicted molar refractivity (Wildman–Crippen MR) is 111 cm³/mol. The number of fused-ring (bicyclic) bond motifs is 1. The van der Waals surface area contributed by atoms with Gasteiger partial charge in [0.05, 0.1) is 6.04 Å². The highest BCUT2D eigenvalue weighted by atomic mass is 15.2. The summed E-state index contributed by atoms with van der Waals surface area (Å²) in [4.78, 5) is 16.7. The molecule has 2 aromatic heterocycles. The van der Waals surface area contributed by atoms with Crippen molar-refractivity contribution in [2.45, 2.75) is 37.8 Å². The van der Waals surface area contributed by atoms with Gasteiger partial charge in [0, 0.05) is 30.0 Å². The second-order valence-electron chi connectivity index (χ2n) is 7.77. The summed E-state index contributed by atoms with van der Waals surface area (Å²) in [6, 6.07) is 17.4. The van der Waals surface area contributed by atoms with Gasteiger partial charge in [-0.1, -0.05) is 36.4 Å². The molecule has 1 aliphatic carbocycles. The Morgan fingerprint density at radius 1 is 1.00 bits per heavy atom. The van der Waals surface area contributed by atoms with E-state index in [1.807, 2.05) is 18.2 Å². The number of nitrogens with one attached hydrogen (secondary N) is 1. The third kappa shape index (κ3) is 3.16. The van der Waals surface area contributed by atoms with Crippen LogP contribution in [0.4, 0.5) is 5.82 Å². The molecule has 5 rings (SSSR count). The second-order valence-corrected chi connectivity index (χ2v) is 7.77. The molecular formula is C23H25N5. The summed E-state index contributed by atoms with van der Waals surface area (Å²) in [5.41, 5.74) is 4.67. The number of benzene rings is 1. The Hall–Kier alpha value is -2.79. The van der Waals surface area contributed by atoms with Gasteiger partial charge in [-0.25, -0.2) is 9.97 Å². The molecule has 142 valence electrons. The second kappa shape index (κ2) is 7.32. The molecule has 3 heterocycles. The Morgan fingerprint density at radius 3 is 2.68 bits per heavy atom. The average Bonchev–Trinajstić information content (AvgIpc) is 3.36. The zero-order valence-electron chi connectivity index (χ0n) is 16.2. The SMILES string of the molecule is CN1CC[C@H](Nc2nc(-c3ccccn3)nc3c2CCC3)[C@@H]1c1ccccc1. The van der Waals surface area contributed by atoms with Crippen molar-refractivity contribution in [2.24, 2.45) is 0 Å². The first-order chi connectivity index (χ1) is 13.8. The number of rotatable bonds is 4. The van der Waals surface area contributed by atoms with Crippen molar-refractivity contribution in [3.05, 3.63) is 71.5 Å². The summed E-state index contributed by atoms with van der Waals surface area (Å²) < 4.78 is 0. The minimum Gasteiger partial charge on any atom is -0.365 e. The Morgan fingerprint density at radius 2 is 1.86 bits per heavy atom. The highest BCUT2D eigenvalue weighted by Crippen LogP contribution is 2.35. The van der Waals surface area contributed by atoms with Crippen LogP contribution in [0.15, 0.2) is 54.7 Å². The van der Waals surface area contributed by atoms with Crippen LogP contribution in [0, 0.1) is 0 Å². The number of aryl methyl sites for hydroxylation is 1. The van der Waals surface area contributed by atoms with Crippen LogP contribution in [-0.2, 0) is 12.8 Å². The van der Waals surface area contributed by atoms with Gasteiger partial charge in [-0.3, -0.25) is 9.88 Å². The molecule has 5 nitrogen and oxygen atoms in total. The lowest BCUT2D eigenvalue weighted by molar-refractivity contribution is 0.309. The van der Waals surface area contributed by atoms with E-state index < -0.39 is 0 Å². The number of likely N-dealkylation sites (N-methyl/N-ethyl adjacent to an activating group) is 1. The van der Waals surface area contributed by atoms with Crippen LogP contribution in [0.5, 0.6) is 0 Å². The molecule has 0 radical (unpaired) electrons. The third-order valence-corrected chi connectivity index (χ3v) is 5.94. The van der Waals surface area contributed by atoms with Gasteiger partial charge in [-0.2, -0.15) is 0 Å². The van der Waals surface area contributed by atoms with Crippen LogP contribution in [-0.4, -0.2) is 39.5 Å². The molecule has 5 heteroatoms. The number of hydrogen-bond acceptors (Lipinski definition) is 5. The Kier molecular flexibility index (Phi) is 4.53. The summed E-state index contributed by atoms with van der Waals surface area (Å²) in [6.45, 7) is 1.08. The first kappa shape index (κ1) is 17.3. The van der Waals surface area contributed by atoms with Crippen molar-refractivity contribution in [3.8, 4) is 11.5 Å². The van der Waals surface area contributed by atoms with Crippen LogP contribution in [0.1, 0.15) is 35.7 Å². The Labute approximate surface area is 165 Å². The molecule has 3 aromatic rings. The molecule has 1 aliphatic heterocycles. The number of aromatic nitrogens is 3. The number of hydrogen-bond donors (Lipinski definition) is 1. The van der Waals surface area contributed by atoms with Crippen molar-refractivity contribution in [2.75, 3.05) is 18.9 Å². The van der Waals surface area contributed by atoms with Crippen molar-refractivity contribution in [1.82, 2.24) is 19.9 Å². The average molecular weight is 371 g/mol. The van der Waals surface area contributed by atoms with Gasteiger partial charge in [-0.15, -0.1) is 0 Å². The molecule has 1 saturated heterocycles. The fourth-order valence-corrected chi connectivity index (χ4v) is 4.57. The van der Waals surface area contributed by atoms with Gasteiger partial charge in [0.2, 0.25) is 0 Å². The quantitative estimate of drug-likeness (QED) is 0.754. The molecule has 1 aromatic carbocycles. The smallest absolute Gasteiger partial charge is 0.180 e. The lowest BCUT2D eigenvalue weighted by Gasteiger charge is -2.27. The van der Waals surface area contributed by atoms with E-state index in [0.717, 1.165) is 49.6 Å². The lowest BCUT2D eigenvalue weighted by Crippen LogP contribution is -2.29. The Balaban J connectivity index is 1.50. The molecule has 1 N–H and O–H groups in total. The molecule has 1 fully saturated rings. The maximum absolute atomic E-state index is 4.93. The number of nitrogens with zero attached hydrogens (tertiary/aromatic N) is 4. The van der Waals surface area contributed by atoms with Crippen molar-refractivity contribution in [3.63, 3.8) is 0 Å². The molecule has 0 unspecified atom stereocenters. The summed E-state index contributed by atoms with van der Waals surface area (Å²) in [7, 11) is 2.21. The summed E-state index contributed by atoms with van der Waals surface area (Å²) in [6.07, 6.45) is 6.14. The van der Waals surface area contributed by atoms with Crippen LogP contribution < -0.4 is 5.32 Å². The maximum atomic E-state index is 4.93. The van der Waals surface area contributed by atoms with E-state index in [1.54, 1.807) is 6.20 Å². The van der Waals surface area contributed by atoms with E-state index in [9.17, 15) is 0 Å². The monoisotopic (exact) mass is 371 g/mol. The molecule has 0 amide bonds. The van der Waals surface area contributed by atoms with Gasteiger partial charge in [-0.05, 0) is 50.4 Å². The fraction of sp³-hybridized carbons (Fsp3) is 0.348. The maximum Gasteiger partial charge on any atom is 0.180 e. The van der Waals surface area contributed by atoms with Gasteiger partial charge in [0.25, 0.3) is 0 Å². The first-order valence-corrected chi connectivity index (χ1v) is 10.1. The predicted octanol–water partition coefficient (Wildman–Crippen LogP) is 3.88. The Bertz CT molecular complexity index is 957. The van der Waals surface area contributed by atoms with Gasteiger partial charge < -0.3 is 5.32 Å². The molecule has 2 atom stereocenters. The summed E-state index contributed by atoms with van der Waals surface area (Å²) in [5.74, 6) is 1.73. The number of likely N-dealkylation sites (tertiary alicyclic amines) is 1. The first-order valence-electron chi connectivity index (χ1n) is 10.1. The minimum atomic E-state index is 0.337. The molecule has 0 spiro atoms. The lowest BCUT2D eigenvalue weighted by atomic mass is 10.00. The highest BCUT2D eigenvalue weighted by Gasteiger charge is 2.34. The molecular weight excluding hydrogens is 346 g/mol. The van der Waals surface area contributed by atoms with Crippen molar-refractivity contribution in [1.29, 1.82) is 0 Å². The molecule has 2 aliphatic rings. The fourth-order valence-electron chi connectivity index (χ4n) is 4.57. The van der Waals surface area contributed by atoms with Crippen LogP contribution in [0.2, 0.25) is 0 Å². The molecule has 28 heavy (non-hydrogen) atoms. The third-order valence-electron chi connectivity index (χ3n) is 5.94.